The molecule has 0 radical (unpaired) electrons. The first kappa shape index (κ1) is 12.7. The Morgan fingerprint density at radius 1 is 1.14 bits per heavy atom. The van der Waals surface area contributed by atoms with Crippen molar-refractivity contribution in [2.75, 3.05) is 0 Å². The molecule has 0 aliphatic carbocycles. The van der Waals surface area contributed by atoms with Gasteiger partial charge in [0.2, 0.25) is 5.91 Å². The van der Waals surface area contributed by atoms with Crippen molar-refractivity contribution in [1.82, 2.24) is 5.32 Å². The third kappa shape index (κ3) is 4.69. The summed E-state index contributed by atoms with van der Waals surface area (Å²) in [6, 6.07) is 0. The van der Waals surface area contributed by atoms with E-state index in [0.29, 0.717) is 0 Å². The molecule has 0 spiro atoms. The molecule has 1 amide bonds. The second-order valence-electron chi connectivity index (χ2n) is 4.80. The first-order chi connectivity index (χ1) is 6.04. The normalized spacial score (nSPS) is 13.9. The standard InChI is InChI=1S/C9H20N4O/c1-8(2,3)12-7(11)13-9(4,5)6(10)14/h1-5H3,(H2,10,14)(H3,11,12,13). The third-order valence-electron chi connectivity index (χ3n) is 1.51. The van der Waals surface area contributed by atoms with Crippen LogP contribution in [-0.2, 0) is 4.79 Å². The van der Waals surface area contributed by atoms with Crippen molar-refractivity contribution in [3.8, 4) is 0 Å². The lowest BCUT2D eigenvalue weighted by Gasteiger charge is -2.23. The molecule has 0 saturated heterocycles. The van der Waals surface area contributed by atoms with E-state index in [1.807, 2.05) is 20.8 Å². The maximum absolute atomic E-state index is 11.0. The van der Waals surface area contributed by atoms with Gasteiger partial charge < -0.3 is 16.8 Å². The van der Waals surface area contributed by atoms with Crippen LogP contribution in [0.4, 0.5) is 0 Å². The highest BCUT2D eigenvalue weighted by molar-refractivity contribution is 5.88. The first-order valence-electron chi connectivity index (χ1n) is 4.48. The molecule has 0 unspecified atom stereocenters. The molecule has 0 atom stereocenters. The molecular weight excluding hydrogens is 180 g/mol. The van der Waals surface area contributed by atoms with Gasteiger partial charge >= 0.3 is 0 Å². The Bertz CT molecular complexity index is 250. The Morgan fingerprint density at radius 2 is 1.57 bits per heavy atom. The summed E-state index contributed by atoms with van der Waals surface area (Å²) in [6.07, 6.45) is 0. The Labute approximate surface area is 84.9 Å². The van der Waals surface area contributed by atoms with Crippen molar-refractivity contribution in [1.29, 1.82) is 0 Å². The topological polar surface area (TPSA) is 93.5 Å². The zero-order chi connectivity index (χ0) is 11.6. The zero-order valence-corrected chi connectivity index (χ0v) is 9.51. The van der Waals surface area contributed by atoms with E-state index in [2.05, 4.69) is 10.3 Å². The predicted molar refractivity (Wildman–Crippen MR) is 57.8 cm³/mol. The van der Waals surface area contributed by atoms with Gasteiger partial charge in [-0.2, -0.15) is 0 Å². The highest BCUT2D eigenvalue weighted by Gasteiger charge is 2.24. The van der Waals surface area contributed by atoms with E-state index in [1.165, 1.54) is 0 Å². The van der Waals surface area contributed by atoms with Crippen LogP contribution in [0.5, 0.6) is 0 Å². The maximum atomic E-state index is 11.0. The fraction of sp³-hybridized carbons (Fsp3) is 0.778. The van der Waals surface area contributed by atoms with Gasteiger partial charge in [0.05, 0.1) is 0 Å². The zero-order valence-electron chi connectivity index (χ0n) is 9.51. The summed E-state index contributed by atoms with van der Waals surface area (Å²) in [5, 5.41) is 2.95. The van der Waals surface area contributed by atoms with Gasteiger partial charge in [-0.15, -0.1) is 0 Å². The minimum absolute atomic E-state index is 0.179. The fourth-order valence-electron chi connectivity index (χ4n) is 0.768. The van der Waals surface area contributed by atoms with Crippen LogP contribution in [0.2, 0.25) is 0 Å². The van der Waals surface area contributed by atoms with Gasteiger partial charge in [0.25, 0.3) is 0 Å². The molecule has 14 heavy (non-hydrogen) atoms. The Morgan fingerprint density at radius 3 is 1.86 bits per heavy atom. The quantitative estimate of drug-likeness (QED) is 0.431. The summed E-state index contributed by atoms with van der Waals surface area (Å²) >= 11 is 0. The summed E-state index contributed by atoms with van der Waals surface area (Å²) in [5.74, 6) is -0.280. The molecule has 82 valence electrons. The highest BCUT2D eigenvalue weighted by atomic mass is 16.1. The summed E-state index contributed by atoms with van der Waals surface area (Å²) < 4.78 is 0. The van der Waals surface area contributed by atoms with Gasteiger partial charge in [-0.3, -0.25) is 4.79 Å². The Hall–Kier alpha value is -1.26. The number of nitrogens with two attached hydrogens (primary N) is 2. The molecule has 0 saturated carbocycles. The van der Waals surface area contributed by atoms with Gasteiger partial charge in [0.1, 0.15) is 5.54 Å². The molecule has 0 aromatic rings. The molecule has 0 fully saturated rings. The second kappa shape index (κ2) is 3.86. The summed E-state index contributed by atoms with van der Waals surface area (Å²) in [5.41, 5.74) is 9.62. The van der Waals surface area contributed by atoms with Gasteiger partial charge in [-0.05, 0) is 34.6 Å². The van der Waals surface area contributed by atoms with Crippen molar-refractivity contribution in [2.45, 2.75) is 45.7 Å². The highest BCUT2D eigenvalue weighted by Crippen LogP contribution is 2.07. The number of aliphatic imine (C=N–C) groups is 1. The van der Waals surface area contributed by atoms with E-state index in [0.717, 1.165) is 0 Å². The summed E-state index contributed by atoms with van der Waals surface area (Å²) in [6.45, 7) is 9.09. The molecule has 0 aliphatic heterocycles. The van der Waals surface area contributed by atoms with E-state index >= 15 is 0 Å². The molecular formula is C9H20N4O. The van der Waals surface area contributed by atoms with Crippen LogP contribution in [0.1, 0.15) is 34.6 Å². The number of rotatable bonds is 2. The largest absolute Gasteiger partial charge is 0.370 e. The predicted octanol–water partition coefficient (Wildman–Crippen LogP) is -0.0469. The lowest BCUT2D eigenvalue weighted by Crippen LogP contribution is -2.48. The van der Waals surface area contributed by atoms with Crippen molar-refractivity contribution < 1.29 is 4.79 Å². The molecule has 5 heteroatoms. The van der Waals surface area contributed by atoms with Crippen molar-refractivity contribution in [3.05, 3.63) is 0 Å². The van der Waals surface area contributed by atoms with E-state index in [-0.39, 0.29) is 11.5 Å². The minimum atomic E-state index is -0.970. The number of nitrogens with zero attached hydrogens (tertiary/aromatic N) is 1. The SMILES string of the molecule is CC(C)(C)NC(N)=NC(C)(C)C(N)=O. The number of carbonyl (C=O) groups is 1. The Balaban J connectivity index is 4.60. The molecule has 5 nitrogen and oxygen atoms in total. The second-order valence-corrected chi connectivity index (χ2v) is 4.80. The number of guanidine groups is 1. The van der Waals surface area contributed by atoms with E-state index in [4.69, 9.17) is 11.5 Å². The molecule has 5 N–H and O–H groups in total. The molecule has 0 heterocycles. The third-order valence-corrected chi connectivity index (χ3v) is 1.51. The summed E-state index contributed by atoms with van der Waals surface area (Å²) in [4.78, 5) is 15.0. The van der Waals surface area contributed by atoms with Gasteiger partial charge in [-0.1, -0.05) is 0 Å². The molecule has 0 aliphatic rings. The van der Waals surface area contributed by atoms with Crippen LogP contribution in [0.3, 0.4) is 0 Å². The van der Waals surface area contributed by atoms with Crippen molar-refractivity contribution in [2.24, 2.45) is 16.5 Å². The van der Waals surface area contributed by atoms with Gasteiger partial charge in [-0.25, -0.2) is 4.99 Å². The number of amides is 1. The van der Waals surface area contributed by atoms with Crippen molar-refractivity contribution in [3.63, 3.8) is 0 Å². The number of nitrogens with one attached hydrogen (secondary N) is 1. The van der Waals surface area contributed by atoms with E-state index in [1.54, 1.807) is 13.8 Å². The first-order valence-corrected chi connectivity index (χ1v) is 4.48. The molecule has 0 bridgehead atoms. The van der Waals surface area contributed by atoms with Crippen LogP contribution in [-0.4, -0.2) is 22.9 Å². The smallest absolute Gasteiger partial charge is 0.244 e. The fourth-order valence-corrected chi connectivity index (χ4v) is 0.768. The maximum Gasteiger partial charge on any atom is 0.244 e. The van der Waals surface area contributed by atoms with Gasteiger partial charge in [0, 0.05) is 5.54 Å². The number of carbonyl (C=O) groups excluding carboxylic acids is 1. The Kier molecular flexibility index (Phi) is 3.51. The lowest BCUT2D eigenvalue weighted by atomic mass is 10.1. The van der Waals surface area contributed by atoms with Crippen molar-refractivity contribution >= 4 is 11.9 Å². The van der Waals surface area contributed by atoms with Crippen LogP contribution in [0.25, 0.3) is 0 Å². The van der Waals surface area contributed by atoms with Crippen LogP contribution in [0, 0.1) is 0 Å². The van der Waals surface area contributed by atoms with Gasteiger partial charge in [0.15, 0.2) is 5.96 Å². The monoisotopic (exact) mass is 200 g/mol. The van der Waals surface area contributed by atoms with Crippen LogP contribution >= 0.6 is 0 Å². The van der Waals surface area contributed by atoms with E-state index < -0.39 is 11.4 Å². The molecule has 0 aromatic carbocycles. The lowest BCUT2D eigenvalue weighted by molar-refractivity contribution is -0.121. The molecule has 0 rings (SSSR count). The van der Waals surface area contributed by atoms with E-state index in [9.17, 15) is 4.79 Å². The number of primary amides is 1. The average Bonchev–Trinajstić information content (AvgIpc) is 1.79. The minimum Gasteiger partial charge on any atom is -0.370 e. The number of hydrogen-bond donors (Lipinski definition) is 3. The van der Waals surface area contributed by atoms with Crippen LogP contribution in [0.15, 0.2) is 4.99 Å². The molecule has 0 aromatic heterocycles. The summed E-state index contributed by atoms with van der Waals surface area (Å²) in [7, 11) is 0. The average molecular weight is 200 g/mol. The number of hydrogen-bond acceptors (Lipinski definition) is 2. The van der Waals surface area contributed by atoms with Crippen LogP contribution < -0.4 is 16.8 Å².